The molecule has 1 aliphatic heterocycles. The largest absolute Gasteiger partial charge is 0.392 e. The molecule has 3 heteroatoms. The Morgan fingerprint density at radius 2 is 1.95 bits per heavy atom. The van der Waals surface area contributed by atoms with Crippen molar-refractivity contribution in [2.45, 2.75) is 51.2 Å². The molecule has 0 aromatic heterocycles. The molecule has 0 spiro atoms. The van der Waals surface area contributed by atoms with E-state index >= 15 is 0 Å². The molecule has 104 valence electrons. The zero-order valence-corrected chi connectivity index (χ0v) is 12.1. The summed E-state index contributed by atoms with van der Waals surface area (Å²) in [6.07, 6.45) is 8.02. The normalized spacial score (nSPS) is 27.2. The Morgan fingerprint density at radius 3 is 2.79 bits per heavy atom. The van der Waals surface area contributed by atoms with Crippen LogP contribution in [-0.2, 0) is 6.61 Å². The molecule has 1 heterocycles. The second-order valence-corrected chi connectivity index (χ2v) is 6.25. The van der Waals surface area contributed by atoms with Crippen molar-refractivity contribution in [3.63, 3.8) is 0 Å². The number of nitrogens with zero attached hydrogens (tertiary/aromatic N) is 1. The van der Waals surface area contributed by atoms with Crippen LogP contribution in [0.25, 0.3) is 0 Å². The smallest absolute Gasteiger partial charge is 0.0716 e. The molecule has 0 bridgehead atoms. The molecule has 0 unspecified atom stereocenters. The van der Waals surface area contributed by atoms with Crippen LogP contribution in [-0.4, -0.2) is 17.7 Å². The Bertz CT molecular complexity index is 446. The highest BCUT2D eigenvalue weighted by molar-refractivity contribution is 6.31. The molecule has 1 aromatic carbocycles. The predicted octanol–water partition coefficient (Wildman–Crippen LogP) is 3.99. The number of piperidine rings is 1. The summed E-state index contributed by atoms with van der Waals surface area (Å²) in [4.78, 5) is 2.52. The van der Waals surface area contributed by atoms with Crippen LogP contribution in [0.1, 0.15) is 44.1 Å². The van der Waals surface area contributed by atoms with E-state index in [9.17, 15) is 5.11 Å². The average molecular weight is 280 g/mol. The fourth-order valence-electron chi connectivity index (χ4n) is 3.90. The second kappa shape index (κ2) is 5.72. The lowest BCUT2D eigenvalue weighted by molar-refractivity contribution is 0.241. The van der Waals surface area contributed by atoms with E-state index in [0.29, 0.717) is 11.1 Å². The number of fused-ring (bicyclic) bond motifs is 1. The molecule has 2 nitrogen and oxygen atoms in total. The molecule has 0 radical (unpaired) electrons. The quantitative estimate of drug-likeness (QED) is 0.885. The number of hydrogen-bond acceptors (Lipinski definition) is 2. The predicted molar refractivity (Wildman–Crippen MR) is 79.7 cm³/mol. The van der Waals surface area contributed by atoms with Gasteiger partial charge in [0, 0.05) is 28.9 Å². The molecular weight excluding hydrogens is 258 g/mol. The summed E-state index contributed by atoms with van der Waals surface area (Å²) in [5.74, 6) is 0.841. The average Bonchev–Trinajstić information content (AvgIpc) is 2.46. The van der Waals surface area contributed by atoms with Gasteiger partial charge in [-0.25, -0.2) is 0 Å². The van der Waals surface area contributed by atoms with Gasteiger partial charge in [0.25, 0.3) is 0 Å². The van der Waals surface area contributed by atoms with Gasteiger partial charge in [-0.1, -0.05) is 30.5 Å². The minimum atomic E-state index is 0.0306. The first-order valence-electron chi connectivity index (χ1n) is 7.46. The summed E-state index contributed by atoms with van der Waals surface area (Å²) < 4.78 is 0. The highest BCUT2D eigenvalue weighted by Crippen LogP contribution is 2.39. The first-order chi connectivity index (χ1) is 9.31. The van der Waals surface area contributed by atoms with Gasteiger partial charge in [0.2, 0.25) is 0 Å². The maximum atomic E-state index is 9.61. The van der Waals surface area contributed by atoms with E-state index in [1.54, 1.807) is 0 Å². The van der Waals surface area contributed by atoms with E-state index in [4.69, 9.17) is 11.6 Å². The molecule has 19 heavy (non-hydrogen) atoms. The van der Waals surface area contributed by atoms with Gasteiger partial charge in [0.1, 0.15) is 0 Å². The highest BCUT2D eigenvalue weighted by Gasteiger charge is 2.34. The molecule has 1 saturated heterocycles. The van der Waals surface area contributed by atoms with Crippen LogP contribution in [0, 0.1) is 5.92 Å². The van der Waals surface area contributed by atoms with Crippen LogP contribution in [0.4, 0.5) is 5.69 Å². The zero-order valence-electron chi connectivity index (χ0n) is 11.3. The van der Waals surface area contributed by atoms with Crippen molar-refractivity contribution in [1.82, 2.24) is 0 Å². The molecule has 2 aliphatic rings. The number of halogens is 1. The van der Waals surface area contributed by atoms with Crippen molar-refractivity contribution in [2.75, 3.05) is 11.4 Å². The van der Waals surface area contributed by atoms with Crippen LogP contribution >= 0.6 is 11.6 Å². The highest BCUT2D eigenvalue weighted by atomic mass is 35.5. The zero-order chi connectivity index (χ0) is 13.2. The monoisotopic (exact) mass is 279 g/mol. The number of benzene rings is 1. The fourth-order valence-corrected chi connectivity index (χ4v) is 4.13. The first kappa shape index (κ1) is 13.3. The van der Waals surface area contributed by atoms with Crippen molar-refractivity contribution in [3.8, 4) is 0 Å². The minimum absolute atomic E-state index is 0.0306. The number of anilines is 1. The lowest BCUT2D eigenvalue weighted by Gasteiger charge is -2.46. The van der Waals surface area contributed by atoms with Crippen molar-refractivity contribution in [2.24, 2.45) is 5.92 Å². The van der Waals surface area contributed by atoms with E-state index < -0.39 is 0 Å². The van der Waals surface area contributed by atoms with Crippen molar-refractivity contribution < 1.29 is 5.11 Å². The number of aliphatic hydroxyl groups excluding tert-OH is 1. The van der Waals surface area contributed by atoms with E-state index in [0.717, 1.165) is 23.7 Å². The Kier molecular flexibility index (Phi) is 3.99. The van der Waals surface area contributed by atoms with Gasteiger partial charge in [-0.05, 0) is 43.7 Å². The van der Waals surface area contributed by atoms with Crippen LogP contribution in [0.5, 0.6) is 0 Å². The molecule has 1 aromatic rings. The van der Waals surface area contributed by atoms with Gasteiger partial charge in [0.15, 0.2) is 0 Å². The van der Waals surface area contributed by atoms with Crippen LogP contribution in [0.3, 0.4) is 0 Å². The lowest BCUT2D eigenvalue weighted by Crippen LogP contribution is -2.47. The summed E-state index contributed by atoms with van der Waals surface area (Å²) in [6, 6.07) is 6.66. The number of hydrogen-bond donors (Lipinski definition) is 1. The molecule has 3 rings (SSSR count). The van der Waals surface area contributed by atoms with Crippen molar-refractivity contribution in [3.05, 3.63) is 28.8 Å². The van der Waals surface area contributed by atoms with Crippen LogP contribution in [0.2, 0.25) is 5.02 Å². The van der Waals surface area contributed by atoms with Crippen LogP contribution < -0.4 is 4.90 Å². The Balaban J connectivity index is 1.94. The molecule has 1 N–H and O–H groups in total. The SMILES string of the molecule is OCc1c(Cl)cccc1N1CCC[C@H]2CCCC[C@H]21. The van der Waals surface area contributed by atoms with Gasteiger partial charge in [-0.15, -0.1) is 0 Å². The molecular formula is C16H22ClNO. The third-order valence-electron chi connectivity index (χ3n) is 4.80. The van der Waals surface area contributed by atoms with Crippen molar-refractivity contribution >= 4 is 17.3 Å². The number of rotatable bonds is 2. The Labute approximate surface area is 120 Å². The van der Waals surface area contributed by atoms with E-state index in [1.807, 2.05) is 12.1 Å². The lowest BCUT2D eigenvalue weighted by atomic mass is 9.78. The summed E-state index contributed by atoms with van der Waals surface area (Å²) in [6.45, 7) is 1.14. The molecule has 1 aliphatic carbocycles. The fraction of sp³-hybridized carbons (Fsp3) is 0.625. The minimum Gasteiger partial charge on any atom is -0.392 e. The standard InChI is InChI=1S/C16H22ClNO/c17-14-7-3-9-16(13(14)11-19)18-10-4-6-12-5-1-2-8-15(12)18/h3,7,9,12,15,19H,1-2,4-6,8,10-11H2/t12-,15-/m1/s1. The van der Waals surface area contributed by atoms with Gasteiger partial charge >= 0.3 is 0 Å². The molecule has 2 fully saturated rings. The van der Waals surface area contributed by atoms with Gasteiger partial charge < -0.3 is 10.0 Å². The van der Waals surface area contributed by atoms with Crippen molar-refractivity contribution in [1.29, 1.82) is 0 Å². The summed E-state index contributed by atoms with van der Waals surface area (Å²) in [5, 5.41) is 10.3. The third kappa shape index (κ3) is 2.48. The van der Waals surface area contributed by atoms with E-state index in [2.05, 4.69) is 11.0 Å². The topological polar surface area (TPSA) is 23.5 Å². The van der Waals surface area contributed by atoms with Gasteiger partial charge in [-0.2, -0.15) is 0 Å². The molecule has 0 amide bonds. The van der Waals surface area contributed by atoms with Gasteiger partial charge in [0.05, 0.1) is 6.61 Å². The summed E-state index contributed by atoms with van der Waals surface area (Å²) in [7, 11) is 0. The van der Waals surface area contributed by atoms with E-state index in [-0.39, 0.29) is 6.61 Å². The third-order valence-corrected chi connectivity index (χ3v) is 5.16. The first-order valence-corrected chi connectivity index (χ1v) is 7.84. The summed E-state index contributed by atoms with van der Waals surface area (Å²) >= 11 is 6.24. The maximum absolute atomic E-state index is 9.61. The Hall–Kier alpha value is -0.730. The second-order valence-electron chi connectivity index (χ2n) is 5.84. The molecule has 1 saturated carbocycles. The molecule has 2 atom stereocenters. The maximum Gasteiger partial charge on any atom is 0.0716 e. The van der Waals surface area contributed by atoms with E-state index in [1.165, 1.54) is 38.5 Å². The number of aliphatic hydroxyl groups is 1. The summed E-state index contributed by atoms with van der Waals surface area (Å²) in [5.41, 5.74) is 2.06. The van der Waals surface area contributed by atoms with Gasteiger partial charge in [-0.3, -0.25) is 0 Å². The van der Waals surface area contributed by atoms with Crippen LogP contribution in [0.15, 0.2) is 18.2 Å². The Morgan fingerprint density at radius 1 is 1.16 bits per heavy atom.